The zero-order chi connectivity index (χ0) is 12.1. The molecule has 0 aliphatic carbocycles. The maximum absolute atomic E-state index is 11.0. The molecule has 2 rings (SSSR count). The molecule has 17 heavy (non-hydrogen) atoms. The molecule has 5 nitrogen and oxygen atoms in total. The van der Waals surface area contributed by atoms with Gasteiger partial charge in [-0.1, -0.05) is 18.2 Å². The molecule has 1 aliphatic rings. The fourth-order valence-electron chi connectivity index (χ4n) is 2.04. The van der Waals surface area contributed by atoms with Crippen LogP contribution in [0, 0.1) is 0 Å². The maximum atomic E-state index is 11.0. The number of hydrogen-bond acceptors (Lipinski definition) is 4. The van der Waals surface area contributed by atoms with E-state index in [1.165, 1.54) is 5.69 Å². The van der Waals surface area contributed by atoms with Crippen LogP contribution in [0.5, 0.6) is 0 Å². The van der Waals surface area contributed by atoms with E-state index < -0.39 is 0 Å². The van der Waals surface area contributed by atoms with Crippen LogP contribution in [0.15, 0.2) is 30.3 Å². The number of hydroxylamine groups is 1. The third-order valence-electron chi connectivity index (χ3n) is 2.99. The van der Waals surface area contributed by atoms with Crippen molar-refractivity contribution in [2.24, 2.45) is 0 Å². The lowest BCUT2D eigenvalue weighted by Crippen LogP contribution is -2.49. The van der Waals surface area contributed by atoms with E-state index in [0.717, 1.165) is 26.2 Å². The molecule has 0 unspecified atom stereocenters. The highest BCUT2D eigenvalue weighted by Gasteiger charge is 2.18. The molecule has 1 fully saturated rings. The Bertz CT molecular complexity index is 361. The van der Waals surface area contributed by atoms with Gasteiger partial charge in [-0.3, -0.25) is 14.9 Å². The van der Waals surface area contributed by atoms with E-state index in [0.29, 0.717) is 0 Å². The average molecular weight is 235 g/mol. The van der Waals surface area contributed by atoms with Gasteiger partial charge in [-0.15, -0.1) is 0 Å². The lowest BCUT2D eigenvalue weighted by molar-refractivity contribution is -0.130. The number of nitrogens with zero attached hydrogens (tertiary/aromatic N) is 2. The van der Waals surface area contributed by atoms with Gasteiger partial charge in [0.15, 0.2) is 0 Å². The number of amides is 1. The molecule has 0 bridgehead atoms. The van der Waals surface area contributed by atoms with Gasteiger partial charge in [-0.25, -0.2) is 5.48 Å². The van der Waals surface area contributed by atoms with Crippen molar-refractivity contribution in [3.05, 3.63) is 30.3 Å². The second-order valence-electron chi connectivity index (χ2n) is 4.13. The molecule has 0 radical (unpaired) electrons. The Morgan fingerprint density at radius 2 is 1.82 bits per heavy atom. The number of rotatable bonds is 3. The summed E-state index contributed by atoms with van der Waals surface area (Å²) in [6.07, 6.45) is 0. The van der Waals surface area contributed by atoms with Crippen LogP contribution in [-0.4, -0.2) is 48.7 Å². The highest BCUT2D eigenvalue weighted by molar-refractivity contribution is 5.76. The predicted octanol–water partition coefficient (Wildman–Crippen LogP) is 0.314. The zero-order valence-electron chi connectivity index (χ0n) is 9.67. The van der Waals surface area contributed by atoms with E-state index in [2.05, 4.69) is 17.0 Å². The first-order valence-corrected chi connectivity index (χ1v) is 5.75. The van der Waals surface area contributed by atoms with Crippen LogP contribution in [0.4, 0.5) is 5.69 Å². The van der Waals surface area contributed by atoms with Crippen molar-refractivity contribution in [3.8, 4) is 0 Å². The Morgan fingerprint density at radius 3 is 2.41 bits per heavy atom. The molecule has 2 N–H and O–H groups in total. The fourth-order valence-corrected chi connectivity index (χ4v) is 2.04. The van der Waals surface area contributed by atoms with Gasteiger partial charge in [0, 0.05) is 31.9 Å². The third-order valence-corrected chi connectivity index (χ3v) is 2.99. The quantitative estimate of drug-likeness (QED) is 0.585. The molecule has 1 saturated heterocycles. The fraction of sp³-hybridized carbons (Fsp3) is 0.417. The van der Waals surface area contributed by atoms with Crippen LogP contribution >= 0.6 is 0 Å². The van der Waals surface area contributed by atoms with Crippen LogP contribution in [0.1, 0.15) is 0 Å². The highest BCUT2D eigenvalue weighted by Crippen LogP contribution is 2.15. The molecular weight excluding hydrogens is 218 g/mol. The van der Waals surface area contributed by atoms with E-state index in [9.17, 15) is 4.79 Å². The molecule has 1 amide bonds. The number of hydrogen-bond donors (Lipinski definition) is 2. The van der Waals surface area contributed by atoms with Gasteiger partial charge in [0.1, 0.15) is 0 Å². The Labute approximate surface area is 101 Å². The van der Waals surface area contributed by atoms with Crippen molar-refractivity contribution in [3.63, 3.8) is 0 Å². The second kappa shape index (κ2) is 5.65. The van der Waals surface area contributed by atoms with Crippen LogP contribution in [-0.2, 0) is 4.79 Å². The molecule has 92 valence electrons. The minimum Gasteiger partial charge on any atom is -0.369 e. The Hall–Kier alpha value is -1.59. The normalized spacial score (nSPS) is 16.9. The first-order chi connectivity index (χ1) is 8.29. The van der Waals surface area contributed by atoms with Crippen molar-refractivity contribution in [1.82, 2.24) is 10.4 Å². The lowest BCUT2D eigenvalue weighted by atomic mass is 10.2. The van der Waals surface area contributed by atoms with E-state index in [4.69, 9.17) is 5.21 Å². The Morgan fingerprint density at radius 1 is 1.18 bits per heavy atom. The van der Waals surface area contributed by atoms with Crippen LogP contribution in [0.3, 0.4) is 0 Å². The number of carbonyl (C=O) groups is 1. The van der Waals surface area contributed by atoms with Crippen LogP contribution in [0.2, 0.25) is 0 Å². The minimum atomic E-state index is -0.349. The topological polar surface area (TPSA) is 55.8 Å². The summed E-state index contributed by atoms with van der Waals surface area (Å²) in [6.45, 7) is 3.75. The van der Waals surface area contributed by atoms with Gasteiger partial charge in [0.05, 0.1) is 6.54 Å². The van der Waals surface area contributed by atoms with Gasteiger partial charge in [0.25, 0.3) is 5.91 Å². The molecular formula is C12H17N3O2. The summed E-state index contributed by atoms with van der Waals surface area (Å²) in [5, 5.41) is 8.46. The third kappa shape index (κ3) is 3.18. The maximum Gasteiger partial charge on any atom is 0.257 e. The summed E-state index contributed by atoms with van der Waals surface area (Å²) >= 11 is 0. The zero-order valence-corrected chi connectivity index (χ0v) is 9.67. The van der Waals surface area contributed by atoms with Crippen molar-refractivity contribution in [2.45, 2.75) is 0 Å². The first-order valence-electron chi connectivity index (χ1n) is 5.75. The summed E-state index contributed by atoms with van der Waals surface area (Å²) in [6, 6.07) is 10.2. The summed E-state index contributed by atoms with van der Waals surface area (Å²) in [5.74, 6) is -0.349. The van der Waals surface area contributed by atoms with Crippen LogP contribution < -0.4 is 10.4 Å². The smallest absolute Gasteiger partial charge is 0.257 e. The number of anilines is 1. The van der Waals surface area contributed by atoms with Gasteiger partial charge in [-0.2, -0.15) is 0 Å². The Balaban J connectivity index is 1.84. The lowest BCUT2D eigenvalue weighted by Gasteiger charge is -2.35. The molecule has 5 heteroatoms. The number of piperazine rings is 1. The van der Waals surface area contributed by atoms with Gasteiger partial charge in [0.2, 0.25) is 0 Å². The van der Waals surface area contributed by atoms with Crippen molar-refractivity contribution in [1.29, 1.82) is 0 Å². The Kier molecular flexibility index (Phi) is 3.95. The summed E-state index contributed by atoms with van der Waals surface area (Å²) < 4.78 is 0. The second-order valence-corrected chi connectivity index (χ2v) is 4.13. The van der Waals surface area contributed by atoms with Crippen molar-refractivity contribution >= 4 is 11.6 Å². The number of para-hydroxylation sites is 1. The molecule has 0 aromatic heterocycles. The van der Waals surface area contributed by atoms with Gasteiger partial charge >= 0.3 is 0 Å². The summed E-state index contributed by atoms with van der Waals surface area (Å²) in [7, 11) is 0. The van der Waals surface area contributed by atoms with Gasteiger partial charge in [-0.05, 0) is 12.1 Å². The van der Waals surface area contributed by atoms with Crippen LogP contribution in [0.25, 0.3) is 0 Å². The summed E-state index contributed by atoms with van der Waals surface area (Å²) in [5.41, 5.74) is 2.88. The monoisotopic (exact) mass is 235 g/mol. The van der Waals surface area contributed by atoms with E-state index in [1.54, 1.807) is 5.48 Å². The number of nitrogens with one attached hydrogen (secondary N) is 1. The largest absolute Gasteiger partial charge is 0.369 e. The standard InChI is InChI=1S/C12H17N3O2/c16-12(13-17)10-14-6-8-15(9-7-14)11-4-2-1-3-5-11/h1-5,17H,6-10H2,(H,13,16). The molecule has 1 aromatic rings. The molecule has 0 atom stereocenters. The number of benzene rings is 1. The molecule has 1 aliphatic heterocycles. The molecule has 0 saturated carbocycles. The minimum absolute atomic E-state index is 0.263. The first kappa shape index (κ1) is 11.9. The summed E-state index contributed by atoms with van der Waals surface area (Å²) in [4.78, 5) is 15.3. The van der Waals surface area contributed by atoms with E-state index in [1.807, 2.05) is 23.1 Å². The number of carbonyl (C=O) groups excluding carboxylic acids is 1. The van der Waals surface area contributed by atoms with Gasteiger partial charge < -0.3 is 4.90 Å². The SMILES string of the molecule is O=C(CN1CCN(c2ccccc2)CC1)NO. The molecule has 1 heterocycles. The van der Waals surface area contributed by atoms with E-state index >= 15 is 0 Å². The predicted molar refractivity (Wildman–Crippen MR) is 65.0 cm³/mol. The molecule has 0 spiro atoms. The average Bonchev–Trinajstić information content (AvgIpc) is 2.40. The van der Waals surface area contributed by atoms with Crippen molar-refractivity contribution < 1.29 is 10.0 Å². The highest BCUT2D eigenvalue weighted by atomic mass is 16.5. The van der Waals surface area contributed by atoms with Crippen molar-refractivity contribution in [2.75, 3.05) is 37.6 Å². The molecule has 1 aromatic carbocycles. The van der Waals surface area contributed by atoms with E-state index in [-0.39, 0.29) is 12.5 Å².